The summed E-state index contributed by atoms with van der Waals surface area (Å²) >= 11 is 5.82. The van der Waals surface area contributed by atoms with Gasteiger partial charge >= 0.3 is 0 Å². The molecule has 4 rings (SSSR count). The molecule has 0 radical (unpaired) electrons. The van der Waals surface area contributed by atoms with Gasteiger partial charge in [-0.05, 0) is 24.3 Å². The first-order valence-corrected chi connectivity index (χ1v) is 10.1. The molecule has 1 amide bonds. The van der Waals surface area contributed by atoms with Crippen LogP contribution in [0.4, 0.5) is 11.5 Å². The second-order valence-electron chi connectivity index (χ2n) is 6.13. The molecule has 1 aromatic heterocycles. The molecule has 1 atom stereocenters. The summed E-state index contributed by atoms with van der Waals surface area (Å²) in [6.07, 6.45) is 0. The topological polar surface area (TPSA) is 107 Å². The number of hydrogen-bond acceptors (Lipinski definition) is 5. The maximum absolute atomic E-state index is 12.8. The molecule has 1 N–H and O–H groups in total. The molecule has 0 saturated heterocycles. The second-order valence-corrected chi connectivity index (χ2v) is 7.99. The summed E-state index contributed by atoms with van der Waals surface area (Å²) < 4.78 is 13.5. The van der Waals surface area contributed by atoms with Gasteiger partial charge in [0.05, 0.1) is 27.8 Å². The minimum atomic E-state index is -1.07. The molecule has 0 aliphatic carbocycles. The van der Waals surface area contributed by atoms with Crippen LogP contribution in [0.1, 0.15) is 21.6 Å². The number of halogens is 1. The Morgan fingerprint density at radius 1 is 1.21 bits per heavy atom. The van der Waals surface area contributed by atoms with Gasteiger partial charge in [0.15, 0.2) is 0 Å². The van der Waals surface area contributed by atoms with Gasteiger partial charge in [0.1, 0.15) is 10.8 Å². The van der Waals surface area contributed by atoms with E-state index in [1.54, 1.807) is 4.68 Å². The van der Waals surface area contributed by atoms with Crippen LogP contribution >= 0.6 is 11.6 Å². The molecular weight excluding hydrogens is 404 g/mol. The molecule has 0 saturated carbocycles. The van der Waals surface area contributed by atoms with Crippen molar-refractivity contribution in [1.29, 1.82) is 0 Å². The number of carbonyl (C=O) groups is 1. The van der Waals surface area contributed by atoms with Crippen LogP contribution in [0.15, 0.2) is 48.5 Å². The monoisotopic (exact) mass is 416 g/mol. The van der Waals surface area contributed by atoms with Crippen LogP contribution in [-0.4, -0.2) is 24.8 Å². The molecule has 1 aliphatic heterocycles. The quantitative estimate of drug-likeness (QED) is 0.517. The van der Waals surface area contributed by atoms with E-state index in [1.807, 2.05) is 30.3 Å². The van der Waals surface area contributed by atoms with Crippen LogP contribution in [0.5, 0.6) is 0 Å². The number of nitrogens with zero attached hydrogens (tertiary/aromatic N) is 3. The molecule has 8 nitrogen and oxygen atoms in total. The number of nitro benzene ring substituents is 1. The Kier molecular flexibility index (Phi) is 4.70. The second kappa shape index (κ2) is 7.17. The summed E-state index contributed by atoms with van der Waals surface area (Å²) in [4.78, 5) is 23.2. The first-order valence-electron chi connectivity index (χ1n) is 8.20. The van der Waals surface area contributed by atoms with Crippen LogP contribution in [0.25, 0.3) is 5.69 Å². The van der Waals surface area contributed by atoms with E-state index < -0.39 is 21.6 Å². The van der Waals surface area contributed by atoms with E-state index in [1.165, 1.54) is 12.1 Å². The van der Waals surface area contributed by atoms with Crippen molar-refractivity contribution in [2.24, 2.45) is 0 Å². The SMILES string of the molecule is O=C(Nc1c2c(nn1-c1ccccc1)C[S@@](=O)C2)c1ccc(Cl)c([N+](=O)[O-])c1. The molecule has 0 unspecified atom stereocenters. The van der Waals surface area contributed by atoms with Gasteiger partial charge < -0.3 is 5.32 Å². The highest BCUT2D eigenvalue weighted by Gasteiger charge is 2.29. The van der Waals surface area contributed by atoms with Crippen LogP contribution in [0, 0.1) is 10.1 Å². The van der Waals surface area contributed by atoms with Crippen molar-refractivity contribution < 1.29 is 13.9 Å². The van der Waals surface area contributed by atoms with Gasteiger partial charge in [-0.3, -0.25) is 19.1 Å². The highest BCUT2D eigenvalue weighted by atomic mass is 35.5. The minimum Gasteiger partial charge on any atom is -0.306 e. The summed E-state index contributed by atoms with van der Waals surface area (Å²) in [7, 11) is -1.07. The maximum atomic E-state index is 12.8. The number of fused-ring (bicyclic) bond motifs is 1. The summed E-state index contributed by atoms with van der Waals surface area (Å²) in [6, 6.07) is 13.1. The van der Waals surface area contributed by atoms with Gasteiger partial charge in [-0.25, -0.2) is 4.68 Å². The van der Waals surface area contributed by atoms with Gasteiger partial charge in [-0.1, -0.05) is 29.8 Å². The number of anilines is 1. The number of hydrogen-bond donors (Lipinski definition) is 1. The van der Waals surface area contributed by atoms with Crippen molar-refractivity contribution in [3.63, 3.8) is 0 Å². The number of rotatable bonds is 4. The molecule has 2 heterocycles. The number of nitro groups is 1. The molecule has 0 fully saturated rings. The molecule has 142 valence electrons. The lowest BCUT2D eigenvalue weighted by Gasteiger charge is -2.11. The summed E-state index contributed by atoms with van der Waals surface area (Å²) in [5.41, 5.74) is 1.85. The lowest BCUT2D eigenvalue weighted by molar-refractivity contribution is -0.384. The van der Waals surface area contributed by atoms with Crippen LogP contribution in [0.3, 0.4) is 0 Å². The van der Waals surface area contributed by atoms with Gasteiger partial charge in [0.2, 0.25) is 0 Å². The Labute approximate surface area is 166 Å². The molecule has 2 aromatic carbocycles. The van der Waals surface area contributed by atoms with Gasteiger partial charge in [-0.15, -0.1) is 0 Å². The smallest absolute Gasteiger partial charge is 0.288 e. The Bertz CT molecular complexity index is 1130. The Balaban J connectivity index is 1.74. The van der Waals surface area contributed by atoms with Crippen molar-refractivity contribution in [3.8, 4) is 5.69 Å². The predicted octanol–water partition coefficient (Wildman–Crippen LogP) is 3.45. The van der Waals surface area contributed by atoms with E-state index in [0.717, 1.165) is 11.8 Å². The molecule has 0 spiro atoms. The average Bonchev–Trinajstić information content (AvgIpc) is 3.19. The molecule has 1 aliphatic rings. The zero-order chi connectivity index (χ0) is 19.8. The van der Waals surface area contributed by atoms with Crippen molar-refractivity contribution in [2.75, 3.05) is 5.32 Å². The third-order valence-electron chi connectivity index (χ3n) is 4.31. The standard InChI is InChI=1S/C18H13ClN4O4S/c19-14-7-6-11(8-16(14)23(25)26)18(24)20-17-13-9-28(27)10-15(13)21-22(17)12-4-2-1-3-5-12/h1-8H,9-10H2,(H,20,24)/t28-/m0/s1. The zero-order valence-corrected chi connectivity index (χ0v) is 15.9. The Morgan fingerprint density at radius 2 is 1.96 bits per heavy atom. The Morgan fingerprint density at radius 3 is 2.68 bits per heavy atom. The number of benzene rings is 2. The lowest BCUT2D eigenvalue weighted by atomic mass is 10.2. The van der Waals surface area contributed by atoms with Gasteiger partial charge in [-0.2, -0.15) is 5.10 Å². The molecule has 10 heteroatoms. The fourth-order valence-corrected chi connectivity index (χ4v) is 4.44. The third kappa shape index (κ3) is 3.30. The van der Waals surface area contributed by atoms with E-state index in [2.05, 4.69) is 10.4 Å². The summed E-state index contributed by atoms with van der Waals surface area (Å²) in [5, 5.41) is 18.3. The van der Waals surface area contributed by atoms with Gasteiger partial charge in [0, 0.05) is 28.0 Å². The van der Waals surface area contributed by atoms with Crippen molar-refractivity contribution >= 4 is 39.8 Å². The Hall–Kier alpha value is -3.04. The zero-order valence-electron chi connectivity index (χ0n) is 14.3. The molecule has 3 aromatic rings. The summed E-state index contributed by atoms with van der Waals surface area (Å²) in [5.74, 6) is 0.482. The van der Waals surface area contributed by atoms with Crippen molar-refractivity contribution in [2.45, 2.75) is 11.5 Å². The molecule has 0 bridgehead atoms. The number of aromatic nitrogens is 2. The first kappa shape index (κ1) is 18.3. The number of amides is 1. The van der Waals surface area contributed by atoms with E-state index in [-0.39, 0.29) is 16.3 Å². The van der Waals surface area contributed by atoms with Crippen molar-refractivity contribution in [1.82, 2.24) is 9.78 Å². The number of carbonyl (C=O) groups excluding carboxylic acids is 1. The normalized spacial score (nSPS) is 15.2. The van der Waals surface area contributed by atoms with E-state index in [9.17, 15) is 19.1 Å². The summed E-state index contributed by atoms with van der Waals surface area (Å²) in [6.45, 7) is 0. The van der Waals surface area contributed by atoms with E-state index in [0.29, 0.717) is 28.6 Å². The van der Waals surface area contributed by atoms with Crippen LogP contribution < -0.4 is 5.32 Å². The van der Waals surface area contributed by atoms with Crippen LogP contribution in [0.2, 0.25) is 5.02 Å². The fraction of sp³-hybridized carbons (Fsp3) is 0.111. The van der Waals surface area contributed by atoms with E-state index >= 15 is 0 Å². The highest BCUT2D eigenvalue weighted by molar-refractivity contribution is 7.83. The number of para-hydroxylation sites is 1. The average molecular weight is 417 g/mol. The fourth-order valence-electron chi connectivity index (χ4n) is 2.99. The maximum Gasteiger partial charge on any atom is 0.288 e. The number of nitrogens with one attached hydrogen (secondary N) is 1. The first-order chi connectivity index (χ1) is 13.4. The largest absolute Gasteiger partial charge is 0.306 e. The van der Waals surface area contributed by atoms with Crippen molar-refractivity contribution in [3.05, 3.63) is 80.5 Å². The van der Waals surface area contributed by atoms with E-state index in [4.69, 9.17) is 11.6 Å². The minimum absolute atomic E-state index is 0.0489. The lowest BCUT2D eigenvalue weighted by Crippen LogP contribution is -2.16. The van der Waals surface area contributed by atoms with Gasteiger partial charge in [0.25, 0.3) is 11.6 Å². The van der Waals surface area contributed by atoms with Crippen LogP contribution in [-0.2, 0) is 22.3 Å². The third-order valence-corrected chi connectivity index (χ3v) is 5.83. The predicted molar refractivity (Wildman–Crippen MR) is 105 cm³/mol. The highest BCUT2D eigenvalue weighted by Crippen LogP contribution is 2.32. The molecular formula is C18H13ClN4O4S. The molecule has 28 heavy (non-hydrogen) atoms.